The fraction of sp³-hybridized carbons (Fsp3) is 0.462. The Morgan fingerprint density at radius 2 is 2.17 bits per heavy atom. The summed E-state index contributed by atoms with van der Waals surface area (Å²) in [6, 6.07) is 3.50. The molecule has 0 saturated heterocycles. The molecule has 1 amide bonds. The predicted octanol–water partition coefficient (Wildman–Crippen LogP) is 1.45. The van der Waals surface area contributed by atoms with Crippen LogP contribution in [0.3, 0.4) is 0 Å². The van der Waals surface area contributed by atoms with E-state index in [0.717, 1.165) is 5.69 Å². The molecule has 1 aromatic heterocycles. The molecule has 0 aliphatic rings. The number of hydrogen-bond donors (Lipinski definition) is 0. The van der Waals surface area contributed by atoms with Gasteiger partial charge in [0.25, 0.3) is 5.91 Å². The largest absolute Gasteiger partial charge is 0.481 e. The molecule has 1 heterocycles. The Bertz CT molecular complexity index is 444. The summed E-state index contributed by atoms with van der Waals surface area (Å²) in [5, 5.41) is 0. The number of ether oxygens (including phenoxy) is 1. The first-order chi connectivity index (χ1) is 8.45. The first kappa shape index (κ1) is 14.2. The molecular formula is C13H18N2O3. The maximum atomic E-state index is 11.7. The van der Waals surface area contributed by atoms with E-state index in [2.05, 4.69) is 4.98 Å². The van der Waals surface area contributed by atoms with Gasteiger partial charge in [0.15, 0.2) is 12.9 Å². The third-order valence-corrected chi connectivity index (χ3v) is 2.66. The molecule has 0 N–H and O–H groups in total. The van der Waals surface area contributed by atoms with Crippen molar-refractivity contribution >= 4 is 12.2 Å². The second-order valence-electron chi connectivity index (χ2n) is 4.34. The third kappa shape index (κ3) is 3.55. The Morgan fingerprint density at radius 3 is 2.72 bits per heavy atom. The van der Waals surface area contributed by atoms with Gasteiger partial charge in [0.05, 0.1) is 0 Å². The molecule has 0 aromatic carbocycles. The number of carbonyl (C=O) groups is 2. The van der Waals surface area contributed by atoms with Crippen molar-refractivity contribution in [1.82, 2.24) is 9.88 Å². The first-order valence-electron chi connectivity index (χ1n) is 5.77. The molecule has 0 spiro atoms. The lowest BCUT2D eigenvalue weighted by Gasteiger charge is -2.21. The van der Waals surface area contributed by atoms with Crippen molar-refractivity contribution in [1.29, 1.82) is 0 Å². The van der Waals surface area contributed by atoms with Gasteiger partial charge in [-0.15, -0.1) is 0 Å². The van der Waals surface area contributed by atoms with Crippen molar-refractivity contribution in [3.63, 3.8) is 0 Å². The summed E-state index contributed by atoms with van der Waals surface area (Å²) in [6.07, 6.45) is 0.624. The monoisotopic (exact) mass is 250 g/mol. The van der Waals surface area contributed by atoms with E-state index < -0.39 is 0 Å². The summed E-state index contributed by atoms with van der Waals surface area (Å²) in [6.45, 7) is 5.53. The van der Waals surface area contributed by atoms with Crippen LogP contribution < -0.4 is 4.74 Å². The summed E-state index contributed by atoms with van der Waals surface area (Å²) in [4.78, 5) is 28.2. The number of aromatic nitrogens is 1. The Balaban J connectivity index is 2.69. The standard InChI is InChI=1S/C13H18N2O3/c1-9(2)15(4)13(17)8-18-12-6-5-10(3)14-11(12)7-16/h5-7,9H,8H2,1-4H3. The molecule has 5 heteroatoms. The van der Waals surface area contributed by atoms with Gasteiger partial charge in [-0.2, -0.15) is 0 Å². The second kappa shape index (κ2) is 6.14. The Hall–Kier alpha value is -1.91. The van der Waals surface area contributed by atoms with E-state index in [1.807, 2.05) is 13.8 Å². The van der Waals surface area contributed by atoms with E-state index in [4.69, 9.17) is 4.74 Å². The van der Waals surface area contributed by atoms with Gasteiger partial charge < -0.3 is 9.64 Å². The SMILES string of the molecule is Cc1ccc(OCC(=O)N(C)C(C)C)c(C=O)n1. The number of carbonyl (C=O) groups excluding carboxylic acids is 2. The van der Waals surface area contributed by atoms with Crippen LogP contribution in [0.5, 0.6) is 5.75 Å². The number of hydrogen-bond acceptors (Lipinski definition) is 4. The summed E-state index contributed by atoms with van der Waals surface area (Å²) >= 11 is 0. The molecule has 18 heavy (non-hydrogen) atoms. The van der Waals surface area contributed by atoms with Crippen molar-refractivity contribution in [3.05, 3.63) is 23.5 Å². The zero-order valence-corrected chi connectivity index (χ0v) is 11.1. The average Bonchev–Trinajstić information content (AvgIpc) is 2.35. The minimum Gasteiger partial charge on any atom is -0.481 e. The lowest BCUT2D eigenvalue weighted by atomic mass is 10.3. The quantitative estimate of drug-likeness (QED) is 0.742. The molecule has 98 valence electrons. The first-order valence-corrected chi connectivity index (χ1v) is 5.77. The van der Waals surface area contributed by atoms with E-state index >= 15 is 0 Å². The molecule has 5 nitrogen and oxygen atoms in total. The van der Waals surface area contributed by atoms with Crippen LogP contribution in [-0.2, 0) is 4.79 Å². The van der Waals surface area contributed by atoms with Crippen LogP contribution in [0.2, 0.25) is 0 Å². The number of nitrogens with zero attached hydrogens (tertiary/aromatic N) is 2. The number of aldehydes is 1. The van der Waals surface area contributed by atoms with Gasteiger partial charge in [0.1, 0.15) is 11.4 Å². The topological polar surface area (TPSA) is 59.5 Å². The van der Waals surface area contributed by atoms with Crippen LogP contribution in [-0.4, -0.2) is 41.8 Å². The molecule has 1 rings (SSSR count). The predicted molar refractivity (Wildman–Crippen MR) is 67.8 cm³/mol. The maximum Gasteiger partial charge on any atom is 0.260 e. The van der Waals surface area contributed by atoms with Crippen LogP contribution in [0, 0.1) is 6.92 Å². The second-order valence-corrected chi connectivity index (χ2v) is 4.34. The Labute approximate surface area is 107 Å². The fourth-order valence-corrected chi connectivity index (χ4v) is 1.30. The molecule has 1 aromatic rings. The highest BCUT2D eigenvalue weighted by atomic mass is 16.5. The van der Waals surface area contributed by atoms with Crippen LogP contribution in [0.4, 0.5) is 0 Å². The van der Waals surface area contributed by atoms with E-state index in [1.54, 1.807) is 31.0 Å². The smallest absolute Gasteiger partial charge is 0.260 e. The maximum absolute atomic E-state index is 11.7. The normalized spacial score (nSPS) is 10.3. The van der Waals surface area contributed by atoms with Crippen LogP contribution in [0.15, 0.2) is 12.1 Å². The molecule has 0 radical (unpaired) electrons. The number of pyridine rings is 1. The highest BCUT2D eigenvalue weighted by Crippen LogP contribution is 2.15. The van der Waals surface area contributed by atoms with Gasteiger partial charge in [-0.25, -0.2) is 4.98 Å². The molecule has 0 aliphatic carbocycles. The van der Waals surface area contributed by atoms with Gasteiger partial charge in [-0.3, -0.25) is 9.59 Å². The highest BCUT2D eigenvalue weighted by Gasteiger charge is 2.13. The Kier molecular flexibility index (Phi) is 4.83. The van der Waals surface area contributed by atoms with E-state index in [9.17, 15) is 9.59 Å². The molecular weight excluding hydrogens is 232 g/mol. The molecule has 0 aliphatic heterocycles. The van der Waals surface area contributed by atoms with E-state index in [0.29, 0.717) is 12.0 Å². The van der Waals surface area contributed by atoms with Crippen LogP contribution in [0.1, 0.15) is 30.0 Å². The van der Waals surface area contributed by atoms with E-state index in [-0.39, 0.29) is 24.2 Å². The third-order valence-electron chi connectivity index (χ3n) is 2.66. The van der Waals surface area contributed by atoms with Crippen molar-refractivity contribution in [2.75, 3.05) is 13.7 Å². The van der Waals surface area contributed by atoms with Gasteiger partial charge in [0, 0.05) is 18.8 Å². The molecule has 0 atom stereocenters. The van der Waals surface area contributed by atoms with Gasteiger partial charge in [-0.1, -0.05) is 0 Å². The van der Waals surface area contributed by atoms with Crippen molar-refractivity contribution in [2.45, 2.75) is 26.8 Å². The number of aryl methyl sites for hydroxylation is 1. The summed E-state index contributed by atoms with van der Waals surface area (Å²) in [5.74, 6) is 0.198. The number of likely N-dealkylation sites (N-methyl/N-ethyl adjacent to an activating group) is 1. The van der Waals surface area contributed by atoms with Crippen molar-refractivity contribution in [2.24, 2.45) is 0 Å². The van der Waals surface area contributed by atoms with Gasteiger partial charge >= 0.3 is 0 Å². The average molecular weight is 250 g/mol. The molecule has 0 saturated carbocycles. The highest BCUT2D eigenvalue weighted by molar-refractivity contribution is 5.79. The molecule has 0 unspecified atom stereocenters. The molecule has 0 fully saturated rings. The van der Waals surface area contributed by atoms with Gasteiger partial charge in [0.2, 0.25) is 0 Å². The summed E-state index contributed by atoms with van der Waals surface area (Å²) in [7, 11) is 1.71. The minimum atomic E-state index is -0.137. The minimum absolute atomic E-state index is 0.0970. The van der Waals surface area contributed by atoms with E-state index in [1.165, 1.54) is 0 Å². The summed E-state index contributed by atoms with van der Waals surface area (Å²) < 4.78 is 5.33. The number of amides is 1. The van der Waals surface area contributed by atoms with Crippen LogP contribution >= 0.6 is 0 Å². The van der Waals surface area contributed by atoms with Crippen molar-refractivity contribution in [3.8, 4) is 5.75 Å². The van der Waals surface area contributed by atoms with Gasteiger partial charge in [-0.05, 0) is 32.9 Å². The zero-order chi connectivity index (χ0) is 13.7. The number of rotatable bonds is 5. The Morgan fingerprint density at radius 1 is 1.50 bits per heavy atom. The lowest BCUT2D eigenvalue weighted by Crippen LogP contribution is -2.36. The fourth-order valence-electron chi connectivity index (χ4n) is 1.30. The van der Waals surface area contributed by atoms with Crippen molar-refractivity contribution < 1.29 is 14.3 Å². The lowest BCUT2D eigenvalue weighted by molar-refractivity contribution is -0.133. The molecule has 0 bridgehead atoms. The summed E-state index contributed by atoms with van der Waals surface area (Å²) in [5.41, 5.74) is 0.949. The van der Waals surface area contributed by atoms with Crippen LogP contribution in [0.25, 0.3) is 0 Å². The zero-order valence-electron chi connectivity index (χ0n) is 11.1.